The molecule has 0 atom stereocenters. The molecule has 0 aliphatic rings. The summed E-state index contributed by atoms with van der Waals surface area (Å²) >= 11 is 0. The van der Waals surface area contributed by atoms with E-state index in [2.05, 4.69) is 19.6 Å². The van der Waals surface area contributed by atoms with Crippen molar-refractivity contribution in [1.82, 2.24) is 0 Å². The number of hydrogen-bond donors (Lipinski definition) is 0. The first kappa shape index (κ1) is 12.4. The Morgan fingerprint density at radius 2 is 1.77 bits per heavy atom. The van der Waals surface area contributed by atoms with Gasteiger partial charge >= 0.3 is 5.97 Å². The predicted molar refractivity (Wildman–Crippen MR) is 54.4 cm³/mol. The van der Waals surface area contributed by atoms with E-state index in [0.717, 1.165) is 6.04 Å². The molecule has 0 aliphatic carbocycles. The maximum absolute atomic E-state index is 10.9. The molecule has 0 heterocycles. The Labute approximate surface area is 80.5 Å². The number of carbonyl (C=O) groups excluding carboxylic acids is 2. The van der Waals surface area contributed by atoms with E-state index in [9.17, 15) is 9.59 Å². The van der Waals surface area contributed by atoms with Gasteiger partial charge in [-0.1, -0.05) is 19.6 Å². The zero-order valence-electron chi connectivity index (χ0n) is 8.85. The van der Waals surface area contributed by atoms with Gasteiger partial charge in [0.15, 0.2) is 0 Å². The average Bonchev–Trinajstić information content (AvgIpc) is 1.81. The van der Waals surface area contributed by atoms with Gasteiger partial charge in [0.05, 0.1) is 6.61 Å². The van der Waals surface area contributed by atoms with Gasteiger partial charge in [-0.15, -0.1) is 0 Å². The Morgan fingerprint density at radius 3 is 2.15 bits per heavy atom. The van der Waals surface area contributed by atoms with E-state index in [4.69, 9.17) is 4.74 Å². The molecule has 0 amide bonds. The number of esters is 1. The fourth-order valence-corrected chi connectivity index (χ4v) is 1.44. The highest BCUT2D eigenvalue weighted by Crippen LogP contribution is 2.07. The van der Waals surface area contributed by atoms with E-state index in [1.165, 1.54) is 6.92 Å². The van der Waals surface area contributed by atoms with E-state index in [1.54, 1.807) is 0 Å². The highest BCUT2D eigenvalue weighted by Gasteiger charge is 2.14. The Bertz CT molecular complexity index is 194. The maximum Gasteiger partial charge on any atom is 0.313 e. The van der Waals surface area contributed by atoms with Crippen LogP contribution in [-0.4, -0.2) is 26.4 Å². The molecule has 0 aromatic rings. The van der Waals surface area contributed by atoms with Gasteiger partial charge in [0.2, 0.25) is 0 Å². The molecule has 0 aromatic heterocycles. The van der Waals surface area contributed by atoms with Gasteiger partial charge in [0.1, 0.15) is 12.2 Å². The summed E-state index contributed by atoms with van der Waals surface area (Å²) in [4.78, 5) is 21.4. The maximum atomic E-state index is 10.9. The monoisotopic (exact) mass is 202 g/mol. The molecule has 0 saturated heterocycles. The topological polar surface area (TPSA) is 43.4 Å². The molecule has 0 aromatic carbocycles. The fraction of sp³-hybridized carbons (Fsp3) is 0.778. The van der Waals surface area contributed by atoms with E-state index in [1.807, 2.05) is 0 Å². The summed E-state index contributed by atoms with van der Waals surface area (Å²) in [6.45, 7) is 8.49. The zero-order chi connectivity index (χ0) is 10.5. The highest BCUT2D eigenvalue weighted by molar-refractivity contribution is 6.76. The normalized spacial score (nSPS) is 11.1. The van der Waals surface area contributed by atoms with Crippen molar-refractivity contribution < 1.29 is 14.3 Å². The minimum atomic E-state index is -1.13. The summed E-state index contributed by atoms with van der Waals surface area (Å²) in [5.41, 5.74) is 0. The molecule has 0 aliphatic heterocycles. The van der Waals surface area contributed by atoms with Crippen LogP contribution >= 0.6 is 0 Å². The smallest absolute Gasteiger partial charge is 0.313 e. The zero-order valence-corrected chi connectivity index (χ0v) is 9.85. The van der Waals surface area contributed by atoms with Crippen molar-refractivity contribution in [3.8, 4) is 0 Å². The third-order valence-electron chi connectivity index (χ3n) is 1.51. The molecule has 4 heteroatoms. The standard InChI is InChI=1S/C9H18O3Si/c1-8(10)7-9(11)12-5-6-13(2,3)4/h5-7H2,1-4H3. The molecule has 0 radical (unpaired) electrons. The molecule has 0 saturated carbocycles. The molecular formula is C9H18O3Si. The van der Waals surface area contributed by atoms with Crippen LogP contribution in [0, 0.1) is 0 Å². The van der Waals surface area contributed by atoms with Crippen LogP contribution in [0.4, 0.5) is 0 Å². The first-order valence-corrected chi connectivity index (χ1v) is 8.17. The summed E-state index contributed by atoms with van der Waals surface area (Å²) in [5.74, 6) is -0.538. The number of hydrogen-bond acceptors (Lipinski definition) is 3. The van der Waals surface area contributed by atoms with E-state index < -0.39 is 14.0 Å². The van der Waals surface area contributed by atoms with Crippen LogP contribution in [-0.2, 0) is 14.3 Å². The second kappa shape index (κ2) is 5.17. The molecule has 76 valence electrons. The lowest BCUT2D eigenvalue weighted by molar-refractivity contribution is -0.145. The van der Waals surface area contributed by atoms with Gasteiger partial charge in [-0.2, -0.15) is 0 Å². The lowest BCUT2D eigenvalue weighted by Crippen LogP contribution is -2.23. The Balaban J connectivity index is 3.54. The molecular weight excluding hydrogens is 184 g/mol. The molecule has 0 unspecified atom stereocenters. The summed E-state index contributed by atoms with van der Waals surface area (Å²) in [5, 5.41) is 0. The summed E-state index contributed by atoms with van der Waals surface area (Å²) in [6.07, 6.45) is -0.0916. The van der Waals surface area contributed by atoms with Gasteiger partial charge in [0, 0.05) is 8.07 Å². The third kappa shape index (κ3) is 9.27. The number of ketones is 1. The largest absolute Gasteiger partial charge is 0.466 e. The van der Waals surface area contributed by atoms with Crippen LogP contribution in [0.15, 0.2) is 0 Å². The fourth-order valence-electron chi connectivity index (χ4n) is 0.725. The lowest BCUT2D eigenvalue weighted by Gasteiger charge is -2.14. The quantitative estimate of drug-likeness (QED) is 0.388. The first-order valence-electron chi connectivity index (χ1n) is 4.46. The Morgan fingerprint density at radius 1 is 1.23 bits per heavy atom. The van der Waals surface area contributed by atoms with Gasteiger partial charge in [-0.3, -0.25) is 9.59 Å². The Hall–Kier alpha value is -0.643. The highest BCUT2D eigenvalue weighted by atomic mass is 28.3. The second-order valence-electron chi connectivity index (χ2n) is 4.41. The number of carbonyl (C=O) groups is 2. The lowest BCUT2D eigenvalue weighted by atomic mass is 10.3. The van der Waals surface area contributed by atoms with Crippen LogP contribution in [0.3, 0.4) is 0 Å². The minimum Gasteiger partial charge on any atom is -0.466 e. The van der Waals surface area contributed by atoms with Crippen LogP contribution < -0.4 is 0 Å². The molecule has 3 nitrogen and oxygen atoms in total. The number of rotatable bonds is 5. The molecule has 0 spiro atoms. The molecule has 0 N–H and O–H groups in total. The summed E-state index contributed by atoms with van der Waals surface area (Å²) in [6, 6.07) is 0.955. The van der Waals surface area contributed by atoms with Crippen LogP contribution in [0.1, 0.15) is 13.3 Å². The molecule has 0 rings (SSSR count). The van der Waals surface area contributed by atoms with E-state index in [-0.39, 0.29) is 12.2 Å². The molecule has 13 heavy (non-hydrogen) atoms. The predicted octanol–water partition coefficient (Wildman–Crippen LogP) is 1.85. The molecule has 0 bridgehead atoms. The SMILES string of the molecule is CC(=O)CC(=O)OCC[Si](C)(C)C. The van der Waals surface area contributed by atoms with E-state index >= 15 is 0 Å². The second-order valence-corrected chi connectivity index (χ2v) is 10.0. The van der Waals surface area contributed by atoms with Gasteiger partial charge in [-0.25, -0.2) is 0 Å². The van der Waals surface area contributed by atoms with E-state index in [0.29, 0.717) is 6.61 Å². The Kier molecular flexibility index (Phi) is 4.91. The first-order chi connectivity index (χ1) is 5.81. The van der Waals surface area contributed by atoms with Gasteiger partial charge in [-0.05, 0) is 13.0 Å². The average molecular weight is 202 g/mol. The number of ether oxygens (including phenoxy) is 1. The van der Waals surface area contributed by atoms with Crippen LogP contribution in [0.25, 0.3) is 0 Å². The van der Waals surface area contributed by atoms with Crippen molar-refractivity contribution in [3.05, 3.63) is 0 Å². The van der Waals surface area contributed by atoms with Crippen molar-refractivity contribution in [3.63, 3.8) is 0 Å². The van der Waals surface area contributed by atoms with Gasteiger partial charge < -0.3 is 4.74 Å². The van der Waals surface area contributed by atoms with Crippen LogP contribution in [0.2, 0.25) is 25.7 Å². The summed E-state index contributed by atoms with van der Waals surface area (Å²) < 4.78 is 4.90. The van der Waals surface area contributed by atoms with Crippen LogP contribution in [0.5, 0.6) is 0 Å². The summed E-state index contributed by atoms with van der Waals surface area (Å²) in [7, 11) is -1.13. The van der Waals surface area contributed by atoms with Gasteiger partial charge in [0.25, 0.3) is 0 Å². The van der Waals surface area contributed by atoms with Crippen molar-refractivity contribution in [1.29, 1.82) is 0 Å². The van der Waals surface area contributed by atoms with Crippen molar-refractivity contribution in [2.75, 3.05) is 6.61 Å². The number of Topliss-reactive ketones (excluding diaryl/α,β-unsaturated/α-hetero) is 1. The van der Waals surface area contributed by atoms with Crippen molar-refractivity contribution in [2.24, 2.45) is 0 Å². The molecule has 0 fully saturated rings. The minimum absolute atomic E-state index is 0.0916. The third-order valence-corrected chi connectivity index (χ3v) is 3.21. The van der Waals surface area contributed by atoms with Crippen molar-refractivity contribution >= 4 is 19.8 Å². The van der Waals surface area contributed by atoms with Crippen molar-refractivity contribution in [2.45, 2.75) is 39.0 Å².